The van der Waals surface area contributed by atoms with E-state index in [0.29, 0.717) is 12.3 Å². The Morgan fingerprint density at radius 1 is 1.38 bits per heavy atom. The molecule has 0 aliphatic rings. The summed E-state index contributed by atoms with van der Waals surface area (Å²) in [6, 6.07) is 6.14. The molecule has 0 fully saturated rings. The van der Waals surface area contributed by atoms with Gasteiger partial charge in [0.05, 0.1) is 5.69 Å². The van der Waals surface area contributed by atoms with Gasteiger partial charge >= 0.3 is 0 Å². The van der Waals surface area contributed by atoms with Crippen LogP contribution in [0.2, 0.25) is 0 Å². The normalized spacial score (nSPS) is 12.7. The van der Waals surface area contributed by atoms with Crippen molar-refractivity contribution in [2.24, 2.45) is 5.73 Å². The van der Waals surface area contributed by atoms with E-state index >= 15 is 0 Å². The second kappa shape index (κ2) is 4.45. The Hall–Kier alpha value is -1.68. The summed E-state index contributed by atoms with van der Waals surface area (Å²) in [5.41, 5.74) is 7.36. The molecule has 1 atom stereocenters. The molecule has 1 aromatic heterocycles. The lowest BCUT2D eigenvalue weighted by atomic mass is 10.1. The van der Waals surface area contributed by atoms with Crippen molar-refractivity contribution in [2.45, 2.75) is 19.4 Å². The van der Waals surface area contributed by atoms with Gasteiger partial charge in [0.15, 0.2) is 5.89 Å². The van der Waals surface area contributed by atoms with Gasteiger partial charge < -0.3 is 10.2 Å². The Bertz CT molecular complexity index is 462. The summed E-state index contributed by atoms with van der Waals surface area (Å²) >= 11 is 0. The highest BCUT2D eigenvalue weighted by atomic mass is 19.1. The molecule has 0 radical (unpaired) electrons. The molecule has 2 N–H and O–H groups in total. The maximum atomic E-state index is 12.7. The van der Waals surface area contributed by atoms with Gasteiger partial charge in [-0.2, -0.15) is 0 Å². The van der Waals surface area contributed by atoms with Crippen molar-refractivity contribution < 1.29 is 8.81 Å². The van der Waals surface area contributed by atoms with Crippen LogP contribution in [0.4, 0.5) is 4.39 Å². The van der Waals surface area contributed by atoms with Crippen LogP contribution >= 0.6 is 0 Å². The summed E-state index contributed by atoms with van der Waals surface area (Å²) in [7, 11) is 0. The van der Waals surface area contributed by atoms with Crippen LogP contribution in [0.25, 0.3) is 0 Å². The first-order valence-corrected chi connectivity index (χ1v) is 5.09. The topological polar surface area (TPSA) is 52.0 Å². The molecule has 0 saturated carbocycles. The van der Waals surface area contributed by atoms with Crippen molar-refractivity contribution in [3.8, 4) is 0 Å². The lowest BCUT2D eigenvalue weighted by Crippen LogP contribution is -2.05. The van der Waals surface area contributed by atoms with Crippen molar-refractivity contribution >= 4 is 0 Å². The van der Waals surface area contributed by atoms with E-state index < -0.39 is 0 Å². The fourth-order valence-electron chi connectivity index (χ4n) is 1.39. The maximum Gasteiger partial charge on any atom is 0.198 e. The van der Waals surface area contributed by atoms with E-state index in [4.69, 9.17) is 10.2 Å². The van der Waals surface area contributed by atoms with Gasteiger partial charge in [-0.1, -0.05) is 12.1 Å². The standard InChI is InChI=1S/C12H13FN2O/c1-8(14)11-7-16-12(15-11)6-9-2-4-10(13)5-3-9/h2-5,7-8H,6,14H2,1H3. The van der Waals surface area contributed by atoms with Crippen LogP contribution in [-0.2, 0) is 6.42 Å². The van der Waals surface area contributed by atoms with Crippen molar-refractivity contribution in [3.05, 3.63) is 53.5 Å². The van der Waals surface area contributed by atoms with Crippen LogP contribution in [0.15, 0.2) is 34.9 Å². The van der Waals surface area contributed by atoms with Crippen LogP contribution in [0.3, 0.4) is 0 Å². The summed E-state index contributed by atoms with van der Waals surface area (Å²) in [6.45, 7) is 1.85. The zero-order chi connectivity index (χ0) is 11.5. The van der Waals surface area contributed by atoms with E-state index in [9.17, 15) is 4.39 Å². The van der Waals surface area contributed by atoms with E-state index in [1.54, 1.807) is 18.4 Å². The number of benzene rings is 1. The highest BCUT2D eigenvalue weighted by Gasteiger charge is 2.08. The first-order valence-electron chi connectivity index (χ1n) is 5.09. The van der Waals surface area contributed by atoms with Crippen LogP contribution in [0, 0.1) is 5.82 Å². The molecule has 0 saturated heterocycles. The number of oxazole rings is 1. The van der Waals surface area contributed by atoms with E-state index in [1.165, 1.54) is 12.1 Å². The number of hydrogen-bond acceptors (Lipinski definition) is 3. The Labute approximate surface area is 93.1 Å². The molecule has 1 unspecified atom stereocenters. The van der Waals surface area contributed by atoms with E-state index in [0.717, 1.165) is 11.3 Å². The van der Waals surface area contributed by atoms with Gasteiger partial charge in [-0.15, -0.1) is 0 Å². The van der Waals surface area contributed by atoms with Gasteiger partial charge in [0.25, 0.3) is 0 Å². The van der Waals surface area contributed by atoms with E-state index in [-0.39, 0.29) is 11.9 Å². The number of halogens is 1. The zero-order valence-electron chi connectivity index (χ0n) is 8.98. The van der Waals surface area contributed by atoms with Crippen molar-refractivity contribution in [2.75, 3.05) is 0 Å². The van der Waals surface area contributed by atoms with Gasteiger partial charge in [0.2, 0.25) is 0 Å². The predicted octanol–water partition coefficient (Wildman–Crippen LogP) is 2.42. The lowest BCUT2D eigenvalue weighted by molar-refractivity contribution is 0.505. The van der Waals surface area contributed by atoms with Crippen LogP contribution in [-0.4, -0.2) is 4.98 Å². The third-order valence-corrected chi connectivity index (χ3v) is 2.30. The first kappa shape index (κ1) is 10.8. The number of hydrogen-bond donors (Lipinski definition) is 1. The summed E-state index contributed by atoms with van der Waals surface area (Å²) in [4.78, 5) is 4.24. The first-order chi connectivity index (χ1) is 7.65. The summed E-state index contributed by atoms with van der Waals surface area (Å²) in [5, 5.41) is 0. The monoisotopic (exact) mass is 220 g/mol. The molecule has 0 aliphatic heterocycles. The Morgan fingerprint density at radius 3 is 2.62 bits per heavy atom. The molecule has 0 spiro atoms. The molecule has 16 heavy (non-hydrogen) atoms. The van der Waals surface area contributed by atoms with Crippen molar-refractivity contribution in [1.29, 1.82) is 0 Å². The SMILES string of the molecule is CC(N)c1coc(Cc2ccc(F)cc2)n1. The molecule has 4 heteroatoms. The largest absolute Gasteiger partial charge is 0.448 e. The molecule has 1 heterocycles. The minimum Gasteiger partial charge on any atom is -0.448 e. The van der Waals surface area contributed by atoms with Crippen molar-refractivity contribution in [3.63, 3.8) is 0 Å². The van der Waals surface area contributed by atoms with Crippen molar-refractivity contribution in [1.82, 2.24) is 4.98 Å². The number of nitrogens with zero attached hydrogens (tertiary/aromatic N) is 1. The fraction of sp³-hybridized carbons (Fsp3) is 0.250. The molecular weight excluding hydrogens is 207 g/mol. The second-order valence-corrected chi connectivity index (χ2v) is 3.76. The average molecular weight is 220 g/mol. The molecule has 0 amide bonds. The van der Waals surface area contributed by atoms with Crippen LogP contribution in [0.1, 0.15) is 30.1 Å². The molecule has 0 aliphatic carbocycles. The number of nitrogens with two attached hydrogens (primary N) is 1. The van der Waals surface area contributed by atoms with Crippen LogP contribution < -0.4 is 5.73 Å². The molecule has 84 valence electrons. The minimum atomic E-state index is -0.243. The maximum absolute atomic E-state index is 12.7. The molecule has 3 nitrogen and oxygen atoms in total. The highest BCUT2D eigenvalue weighted by molar-refractivity contribution is 5.19. The smallest absolute Gasteiger partial charge is 0.198 e. The van der Waals surface area contributed by atoms with Gasteiger partial charge in [-0.05, 0) is 24.6 Å². The summed E-state index contributed by atoms with van der Waals surface area (Å²) in [5.74, 6) is 0.353. The molecule has 1 aromatic carbocycles. The zero-order valence-corrected chi connectivity index (χ0v) is 8.98. The second-order valence-electron chi connectivity index (χ2n) is 3.76. The van der Waals surface area contributed by atoms with E-state index in [1.807, 2.05) is 6.92 Å². The summed E-state index contributed by atoms with van der Waals surface area (Å²) in [6.07, 6.45) is 2.11. The van der Waals surface area contributed by atoms with Gasteiger partial charge in [-0.3, -0.25) is 0 Å². The quantitative estimate of drug-likeness (QED) is 0.864. The number of aromatic nitrogens is 1. The Kier molecular flexibility index (Phi) is 3.01. The molecule has 0 bridgehead atoms. The molecule has 2 rings (SSSR count). The van der Waals surface area contributed by atoms with Gasteiger partial charge in [-0.25, -0.2) is 9.37 Å². The lowest BCUT2D eigenvalue weighted by Gasteiger charge is -1.97. The average Bonchev–Trinajstić information content (AvgIpc) is 2.70. The fourth-order valence-corrected chi connectivity index (χ4v) is 1.39. The highest BCUT2D eigenvalue weighted by Crippen LogP contribution is 2.13. The van der Waals surface area contributed by atoms with E-state index in [2.05, 4.69) is 4.98 Å². The summed E-state index contributed by atoms with van der Waals surface area (Å²) < 4.78 is 18.0. The van der Waals surface area contributed by atoms with Gasteiger partial charge in [0, 0.05) is 12.5 Å². The third kappa shape index (κ3) is 2.46. The van der Waals surface area contributed by atoms with Crippen LogP contribution in [0.5, 0.6) is 0 Å². The Balaban J connectivity index is 2.11. The molecule has 2 aromatic rings. The third-order valence-electron chi connectivity index (χ3n) is 2.30. The Morgan fingerprint density at radius 2 is 2.06 bits per heavy atom. The predicted molar refractivity (Wildman–Crippen MR) is 58.3 cm³/mol. The molecular formula is C12H13FN2O. The van der Waals surface area contributed by atoms with Gasteiger partial charge in [0.1, 0.15) is 12.1 Å². The number of rotatable bonds is 3. The minimum absolute atomic E-state index is 0.134.